The monoisotopic (exact) mass is 287 g/mol. The molecule has 2 saturated carbocycles. The Morgan fingerprint density at radius 1 is 1.14 bits per heavy atom. The van der Waals surface area contributed by atoms with Gasteiger partial charge in [-0.15, -0.1) is 0 Å². The van der Waals surface area contributed by atoms with Crippen molar-refractivity contribution in [2.45, 2.75) is 32.1 Å². The Hall–Kier alpha value is -1.84. The molecular weight excluding hydrogens is 266 g/mol. The highest BCUT2D eigenvalue weighted by atomic mass is 16.5. The molecule has 2 aliphatic carbocycles. The lowest BCUT2D eigenvalue weighted by atomic mass is 9.86. The lowest BCUT2D eigenvalue weighted by Crippen LogP contribution is -2.23. The highest BCUT2D eigenvalue weighted by Gasteiger charge is 2.40. The molecule has 0 spiro atoms. The van der Waals surface area contributed by atoms with Gasteiger partial charge in [-0.2, -0.15) is 0 Å². The van der Waals surface area contributed by atoms with Crippen molar-refractivity contribution in [3.8, 4) is 0 Å². The van der Waals surface area contributed by atoms with E-state index in [1.54, 1.807) is 12.1 Å². The molecule has 112 valence electrons. The van der Waals surface area contributed by atoms with Crippen LogP contribution in [-0.4, -0.2) is 18.5 Å². The number of benzene rings is 1. The Morgan fingerprint density at radius 3 is 2.62 bits per heavy atom. The molecule has 2 aliphatic rings. The molecule has 1 N–H and O–H groups in total. The van der Waals surface area contributed by atoms with Crippen LogP contribution in [0.25, 0.3) is 0 Å². The smallest absolute Gasteiger partial charge is 0.306 e. The van der Waals surface area contributed by atoms with Crippen LogP contribution >= 0.6 is 0 Å². The number of hydrogen-bond donors (Lipinski definition) is 1. The third-order valence-corrected chi connectivity index (χ3v) is 4.74. The summed E-state index contributed by atoms with van der Waals surface area (Å²) in [5.74, 6) is 1.49. The minimum Gasteiger partial charge on any atom is -0.456 e. The standard InChI is InChI=1S/C17H21NO3/c19-16(18-15-4-2-1-3-5-15)11-21-17(20)10-14-9-12-6-7-13(14)8-12/h1-5,12-14H,6-11H2,(H,18,19)/t12-,13+,14+/m0/s1. The Bertz CT molecular complexity index is 514. The van der Waals surface area contributed by atoms with Gasteiger partial charge < -0.3 is 10.1 Å². The number of esters is 1. The Kier molecular flexibility index (Phi) is 4.23. The molecule has 1 aromatic rings. The van der Waals surface area contributed by atoms with Crippen LogP contribution in [0.4, 0.5) is 5.69 Å². The zero-order chi connectivity index (χ0) is 14.7. The number of ether oxygens (including phenoxy) is 1. The first kappa shape index (κ1) is 14.1. The summed E-state index contributed by atoms with van der Waals surface area (Å²) in [6.07, 6.45) is 5.51. The van der Waals surface area contributed by atoms with Gasteiger partial charge in [-0.05, 0) is 49.1 Å². The maximum Gasteiger partial charge on any atom is 0.306 e. The fourth-order valence-electron chi connectivity index (χ4n) is 3.76. The second kappa shape index (κ2) is 6.29. The third kappa shape index (κ3) is 3.63. The fraction of sp³-hybridized carbons (Fsp3) is 0.529. The van der Waals surface area contributed by atoms with Crippen LogP contribution in [0.3, 0.4) is 0 Å². The first-order valence-corrected chi connectivity index (χ1v) is 7.71. The molecule has 0 radical (unpaired) electrons. The summed E-state index contributed by atoms with van der Waals surface area (Å²) in [7, 11) is 0. The number of anilines is 1. The van der Waals surface area contributed by atoms with Gasteiger partial charge in [0.05, 0.1) is 0 Å². The van der Waals surface area contributed by atoms with Gasteiger partial charge in [0.15, 0.2) is 6.61 Å². The molecule has 2 bridgehead atoms. The van der Waals surface area contributed by atoms with E-state index in [1.165, 1.54) is 19.3 Å². The summed E-state index contributed by atoms with van der Waals surface area (Å²) >= 11 is 0. The van der Waals surface area contributed by atoms with Crippen LogP contribution in [0.15, 0.2) is 30.3 Å². The number of carbonyl (C=O) groups excluding carboxylic acids is 2. The van der Waals surface area contributed by atoms with Gasteiger partial charge in [-0.1, -0.05) is 24.6 Å². The molecule has 0 aromatic heterocycles. The van der Waals surface area contributed by atoms with Crippen LogP contribution < -0.4 is 5.32 Å². The van der Waals surface area contributed by atoms with Crippen molar-refractivity contribution in [2.75, 3.05) is 11.9 Å². The van der Waals surface area contributed by atoms with Crippen molar-refractivity contribution in [2.24, 2.45) is 17.8 Å². The predicted octanol–water partition coefficient (Wildman–Crippen LogP) is 2.99. The number of para-hydroxylation sites is 1. The van der Waals surface area contributed by atoms with Crippen LogP contribution in [0.1, 0.15) is 32.1 Å². The number of amides is 1. The second-order valence-corrected chi connectivity index (χ2v) is 6.21. The predicted molar refractivity (Wildman–Crippen MR) is 79.6 cm³/mol. The van der Waals surface area contributed by atoms with E-state index in [0.29, 0.717) is 23.9 Å². The summed E-state index contributed by atoms with van der Waals surface area (Å²) in [5.41, 5.74) is 0.714. The third-order valence-electron chi connectivity index (χ3n) is 4.74. The zero-order valence-corrected chi connectivity index (χ0v) is 12.1. The quantitative estimate of drug-likeness (QED) is 0.847. The maximum absolute atomic E-state index is 11.8. The van der Waals surface area contributed by atoms with Crippen LogP contribution in [0.5, 0.6) is 0 Å². The van der Waals surface area contributed by atoms with E-state index in [9.17, 15) is 9.59 Å². The fourth-order valence-corrected chi connectivity index (χ4v) is 3.76. The van der Waals surface area contributed by atoms with Crippen molar-refractivity contribution < 1.29 is 14.3 Å². The van der Waals surface area contributed by atoms with Crippen LogP contribution in [-0.2, 0) is 14.3 Å². The summed E-state index contributed by atoms with van der Waals surface area (Å²) in [6, 6.07) is 9.17. The first-order chi connectivity index (χ1) is 10.2. The second-order valence-electron chi connectivity index (χ2n) is 6.21. The normalized spacial score (nSPS) is 26.6. The van der Waals surface area contributed by atoms with Gasteiger partial charge in [0.25, 0.3) is 5.91 Å². The van der Waals surface area contributed by atoms with E-state index in [2.05, 4.69) is 5.32 Å². The summed E-state index contributed by atoms with van der Waals surface area (Å²) in [6.45, 7) is -0.200. The minimum absolute atomic E-state index is 0.200. The van der Waals surface area contributed by atoms with Crippen molar-refractivity contribution in [3.63, 3.8) is 0 Å². The molecule has 1 amide bonds. The first-order valence-electron chi connectivity index (χ1n) is 7.71. The van der Waals surface area contributed by atoms with Crippen LogP contribution in [0.2, 0.25) is 0 Å². The van der Waals surface area contributed by atoms with Gasteiger partial charge in [-0.25, -0.2) is 0 Å². The van der Waals surface area contributed by atoms with Crippen molar-refractivity contribution in [3.05, 3.63) is 30.3 Å². The molecule has 4 nitrogen and oxygen atoms in total. The van der Waals surface area contributed by atoms with Gasteiger partial charge in [0.1, 0.15) is 0 Å². The molecule has 4 heteroatoms. The summed E-state index contributed by atoms with van der Waals surface area (Å²) in [4.78, 5) is 23.5. The van der Waals surface area contributed by atoms with E-state index in [0.717, 1.165) is 12.3 Å². The molecule has 0 saturated heterocycles. The van der Waals surface area contributed by atoms with E-state index < -0.39 is 0 Å². The average molecular weight is 287 g/mol. The lowest BCUT2D eigenvalue weighted by Gasteiger charge is -2.20. The number of fused-ring (bicyclic) bond motifs is 2. The van der Waals surface area contributed by atoms with Crippen molar-refractivity contribution >= 4 is 17.6 Å². The Labute approximate surface area is 124 Å². The number of hydrogen-bond acceptors (Lipinski definition) is 3. The number of carbonyl (C=O) groups is 2. The van der Waals surface area contributed by atoms with Crippen LogP contribution in [0, 0.1) is 17.8 Å². The Morgan fingerprint density at radius 2 is 1.95 bits per heavy atom. The molecule has 0 aliphatic heterocycles. The SMILES string of the molecule is O=C(COC(=O)C[C@H]1C[C@H]2CC[C@@H]1C2)Nc1ccccc1. The Balaban J connectivity index is 1.38. The average Bonchev–Trinajstić information content (AvgIpc) is 3.09. The molecule has 21 heavy (non-hydrogen) atoms. The van der Waals surface area contributed by atoms with Crippen molar-refractivity contribution in [1.82, 2.24) is 0 Å². The summed E-state index contributed by atoms with van der Waals surface area (Å²) in [5, 5.41) is 2.70. The van der Waals surface area contributed by atoms with Gasteiger partial charge >= 0.3 is 5.97 Å². The van der Waals surface area contributed by atoms with Gasteiger partial charge in [-0.3, -0.25) is 9.59 Å². The highest BCUT2D eigenvalue weighted by molar-refractivity contribution is 5.92. The van der Waals surface area contributed by atoms with E-state index in [1.807, 2.05) is 18.2 Å². The van der Waals surface area contributed by atoms with E-state index in [-0.39, 0.29) is 18.5 Å². The molecule has 0 unspecified atom stereocenters. The highest BCUT2D eigenvalue weighted by Crippen LogP contribution is 2.49. The number of nitrogens with one attached hydrogen (secondary N) is 1. The molecule has 3 rings (SSSR count). The van der Waals surface area contributed by atoms with Gasteiger partial charge in [0.2, 0.25) is 0 Å². The summed E-state index contributed by atoms with van der Waals surface area (Å²) < 4.78 is 5.09. The molecule has 3 atom stereocenters. The molecule has 0 heterocycles. The van der Waals surface area contributed by atoms with E-state index in [4.69, 9.17) is 4.74 Å². The molecular formula is C17H21NO3. The van der Waals surface area contributed by atoms with E-state index >= 15 is 0 Å². The largest absolute Gasteiger partial charge is 0.456 e. The minimum atomic E-state index is -0.289. The van der Waals surface area contributed by atoms with Crippen molar-refractivity contribution in [1.29, 1.82) is 0 Å². The molecule has 1 aromatic carbocycles. The lowest BCUT2D eigenvalue weighted by molar-refractivity contribution is -0.148. The number of rotatable bonds is 5. The molecule has 2 fully saturated rings. The topological polar surface area (TPSA) is 55.4 Å². The zero-order valence-electron chi connectivity index (χ0n) is 12.1. The maximum atomic E-state index is 11.8. The van der Waals surface area contributed by atoms with Gasteiger partial charge in [0, 0.05) is 12.1 Å².